The molecule has 104 valence electrons. The Kier molecular flexibility index (Phi) is 3.98. The first-order chi connectivity index (χ1) is 9.45. The number of carbonyl (C=O) groups is 1. The molecule has 0 saturated heterocycles. The van der Waals surface area contributed by atoms with Gasteiger partial charge in [-0.15, -0.1) is 0 Å². The minimum Gasteiger partial charge on any atom is -0.478 e. The van der Waals surface area contributed by atoms with E-state index in [1.54, 1.807) is 10.7 Å². The van der Waals surface area contributed by atoms with Crippen molar-refractivity contribution in [3.05, 3.63) is 58.7 Å². The molecule has 4 nitrogen and oxygen atoms in total. The molecule has 2 aromatic rings. The Hall–Kier alpha value is -2.43. The number of benzene rings is 1. The number of aryl methyl sites for hydroxylation is 2. The minimum atomic E-state index is -1.06. The molecule has 0 aliphatic rings. The zero-order chi connectivity index (χ0) is 14.7. The number of hydrogen-bond acceptors (Lipinski definition) is 2. The van der Waals surface area contributed by atoms with Crippen molar-refractivity contribution < 1.29 is 14.3 Å². The molecule has 1 heterocycles. The summed E-state index contributed by atoms with van der Waals surface area (Å²) in [5, 5.41) is 13.0. The summed E-state index contributed by atoms with van der Waals surface area (Å²) in [6, 6.07) is 6.28. The van der Waals surface area contributed by atoms with Gasteiger partial charge < -0.3 is 5.11 Å². The summed E-state index contributed by atoms with van der Waals surface area (Å²) in [6.07, 6.45) is 2.39. The summed E-state index contributed by atoms with van der Waals surface area (Å²) >= 11 is 0. The van der Waals surface area contributed by atoms with Crippen molar-refractivity contribution in [3.8, 4) is 0 Å². The molecule has 0 spiro atoms. The van der Waals surface area contributed by atoms with E-state index in [0.29, 0.717) is 12.1 Å². The normalized spacial score (nSPS) is 11.2. The van der Waals surface area contributed by atoms with E-state index < -0.39 is 11.8 Å². The lowest BCUT2D eigenvalue weighted by molar-refractivity contribution is -0.131. The van der Waals surface area contributed by atoms with Gasteiger partial charge in [0.05, 0.1) is 12.2 Å². The largest absolute Gasteiger partial charge is 0.478 e. The molecule has 2 rings (SSSR count). The minimum absolute atomic E-state index is 0.396. The van der Waals surface area contributed by atoms with Gasteiger partial charge in [-0.2, -0.15) is 5.10 Å². The maximum atomic E-state index is 13.3. The van der Waals surface area contributed by atoms with Crippen molar-refractivity contribution in [2.24, 2.45) is 0 Å². The van der Waals surface area contributed by atoms with E-state index in [0.717, 1.165) is 23.0 Å². The van der Waals surface area contributed by atoms with Gasteiger partial charge in [-0.3, -0.25) is 4.68 Å². The lowest BCUT2D eigenvalue weighted by atomic mass is 10.1. The fraction of sp³-hybridized carbons (Fsp3) is 0.200. The van der Waals surface area contributed by atoms with Crippen LogP contribution in [-0.2, 0) is 11.3 Å². The van der Waals surface area contributed by atoms with E-state index in [1.165, 1.54) is 18.2 Å². The Bertz CT molecular complexity index is 675. The van der Waals surface area contributed by atoms with Crippen molar-refractivity contribution in [1.82, 2.24) is 9.78 Å². The van der Waals surface area contributed by atoms with Gasteiger partial charge in [-0.05, 0) is 49.2 Å². The van der Waals surface area contributed by atoms with Crippen LogP contribution in [0.15, 0.2) is 30.3 Å². The molecular formula is C15H15FN2O2. The second kappa shape index (κ2) is 5.69. The van der Waals surface area contributed by atoms with Crippen LogP contribution in [0, 0.1) is 19.7 Å². The summed E-state index contributed by atoms with van der Waals surface area (Å²) < 4.78 is 15.1. The van der Waals surface area contributed by atoms with E-state index in [9.17, 15) is 9.18 Å². The summed E-state index contributed by atoms with van der Waals surface area (Å²) in [6.45, 7) is 4.31. The molecule has 0 aliphatic carbocycles. The molecule has 1 N–H and O–H groups in total. The monoisotopic (exact) mass is 274 g/mol. The molecular weight excluding hydrogens is 259 g/mol. The van der Waals surface area contributed by atoms with Crippen LogP contribution in [0.5, 0.6) is 0 Å². The molecule has 0 bridgehead atoms. The Morgan fingerprint density at radius 2 is 2.15 bits per heavy atom. The van der Waals surface area contributed by atoms with Crippen molar-refractivity contribution in [3.63, 3.8) is 0 Å². The van der Waals surface area contributed by atoms with E-state index in [1.807, 2.05) is 19.9 Å². The number of aromatic nitrogens is 2. The molecule has 5 heteroatoms. The maximum Gasteiger partial charge on any atom is 0.328 e. The maximum absolute atomic E-state index is 13.3. The summed E-state index contributed by atoms with van der Waals surface area (Å²) in [5.74, 6) is -1.46. The van der Waals surface area contributed by atoms with Gasteiger partial charge in [0, 0.05) is 11.8 Å². The van der Waals surface area contributed by atoms with Crippen LogP contribution in [0.4, 0.5) is 4.39 Å². The molecule has 0 fully saturated rings. The number of aliphatic carboxylic acids is 1. The predicted molar refractivity (Wildman–Crippen MR) is 73.9 cm³/mol. The van der Waals surface area contributed by atoms with Crippen molar-refractivity contribution >= 4 is 12.0 Å². The van der Waals surface area contributed by atoms with Gasteiger partial charge in [-0.1, -0.05) is 6.07 Å². The first-order valence-electron chi connectivity index (χ1n) is 6.16. The molecule has 0 atom stereocenters. The molecule has 0 radical (unpaired) electrons. The van der Waals surface area contributed by atoms with Crippen LogP contribution >= 0.6 is 0 Å². The topological polar surface area (TPSA) is 55.1 Å². The quantitative estimate of drug-likeness (QED) is 0.872. The molecule has 20 heavy (non-hydrogen) atoms. The number of rotatable bonds is 4. The number of carboxylic acid groups (broad SMARTS) is 1. The highest BCUT2D eigenvalue weighted by Gasteiger charge is 2.06. The van der Waals surface area contributed by atoms with Gasteiger partial charge in [0.2, 0.25) is 0 Å². The average Bonchev–Trinajstić information content (AvgIpc) is 2.68. The molecule has 1 aromatic heterocycles. The van der Waals surface area contributed by atoms with Crippen LogP contribution in [0.25, 0.3) is 6.08 Å². The van der Waals surface area contributed by atoms with Gasteiger partial charge in [-0.25, -0.2) is 9.18 Å². The summed E-state index contributed by atoms with van der Waals surface area (Å²) in [5.41, 5.74) is 3.27. The van der Waals surface area contributed by atoms with E-state index in [-0.39, 0.29) is 0 Å². The molecule has 0 amide bonds. The highest BCUT2D eigenvalue weighted by Crippen LogP contribution is 2.16. The first-order valence-corrected chi connectivity index (χ1v) is 6.16. The van der Waals surface area contributed by atoms with Gasteiger partial charge in [0.15, 0.2) is 0 Å². The van der Waals surface area contributed by atoms with Crippen LogP contribution in [-0.4, -0.2) is 20.9 Å². The van der Waals surface area contributed by atoms with E-state index >= 15 is 0 Å². The van der Waals surface area contributed by atoms with E-state index in [2.05, 4.69) is 5.10 Å². The highest BCUT2D eigenvalue weighted by molar-refractivity contribution is 5.85. The molecule has 0 unspecified atom stereocenters. The van der Waals surface area contributed by atoms with Crippen LogP contribution in [0.1, 0.15) is 22.5 Å². The second-order valence-electron chi connectivity index (χ2n) is 4.60. The van der Waals surface area contributed by atoms with Crippen LogP contribution < -0.4 is 0 Å². The second-order valence-corrected chi connectivity index (χ2v) is 4.60. The summed E-state index contributed by atoms with van der Waals surface area (Å²) in [7, 11) is 0. The third kappa shape index (κ3) is 3.32. The SMILES string of the molecule is Cc1cc(C)n(Cc2ccc(F)cc2C=CC(=O)O)n1. The smallest absolute Gasteiger partial charge is 0.328 e. The van der Waals surface area contributed by atoms with Gasteiger partial charge in [0.25, 0.3) is 0 Å². The summed E-state index contributed by atoms with van der Waals surface area (Å²) in [4.78, 5) is 10.6. The van der Waals surface area contributed by atoms with Crippen molar-refractivity contribution in [2.45, 2.75) is 20.4 Å². The van der Waals surface area contributed by atoms with Gasteiger partial charge in [0.1, 0.15) is 5.82 Å². The zero-order valence-electron chi connectivity index (χ0n) is 11.3. The molecule has 0 saturated carbocycles. The fourth-order valence-corrected chi connectivity index (χ4v) is 2.02. The Morgan fingerprint density at radius 1 is 1.40 bits per heavy atom. The Labute approximate surface area is 116 Å². The molecule has 1 aromatic carbocycles. The number of halogens is 1. The highest BCUT2D eigenvalue weighted by atomic mass is 19.1. The third-order valence-corrected chi connectivity index (χ3v) is 2.94. The van der Waals surface area contributed by atoms with Crippen LogP contribution in [0.2, 0.25) is 0 Å². The van der Waals surface area contributed by atoms with E-state index in [4.69, 9.17) is 5.11 Å². The third-order valence-electron chi connectivity index (χ3n) is 2.94. The predicted octanol–water partition coefficient (Wildman–Crippen LogP) is 2.79. The lowest BCUT2D eigenvalue weighted by Gasteiger charge is -2.08. The lowest BCUT2D eigenvalue weighted by Crippen LogP contribution is -2.05. The Balaban J connectivity index is 2.36. The zero-order valence-corrected chi connectivity index (χ0v) is 11.3. The number of nitrogens with zero attached hydrogens (tertiary/aromatic N) is 2. The molecule has 0 aliphatic heterocycles. The average molecular weight is 274 g/mol. The fourth-order valence-electron chi connectivity index (χ4n) is 2.02. The number of hydrogen-bond donors (Lipinski definition) is 1. The first kappa shape index (κ1) is 14.0. The van der Waals surface area contributed by atoms with Gasteiger partial charge >= 0.3 is 5.97 Å². The van der Waals surface area contributed by atoms with Crippen LogP contribution in [0.3, 0.4) is 0 Å². The standard InChI is InChI=1S/C15H15FN2O2/c1-10-7-11(2)18(17-10)9-13-3-5-14(16)8-12(13)4-6-15(19)20/h3-8H,9H2,1-2H3,(H,19,20). The number of carboxylic acids is 1. The Morgan fingerprint density at radius 3 is 2.75 bits per heavy atom. The van der Waals surface area contributed by atoms with Crippen molar-refractivity contribution in [2.75, 3.05) is 0 Å². The van der Waals surface area contributed by atoms with Crippen molar-refractivity contribution in [1.29, 1.82) is 0 Å².